The number of nitrogens with two attached hydrogens (primary N) is 1. The molecule has 0 saturated carbocycles. The third-order valence-corrected chi connectivity index (χ3v) is 6.20. The van der Waals surface area contributed by atoms with Crippen LogP contribution in [0, 0.1) is 0 Å². The SMILES string of the molecule is C[C@@H]1C[C@H](N)CCN1S(=O)(=O)c1ccc(C(F)(F)F)cc1Cl. The van der Waals surface area contributed by atoms with Gasteiger partial charge in [0, 0.05) is 18.6 Å². The Bertz CT molecular complexity index is 664. The third-order valence-electron chi connectivity index (χ3n) is 3.70. The molecule has 0 aromatic heterocycles. The van der Waals surface area contributed by atoms with Crippen LogP contribution >= 0.6 is 11.6 Å². The van der Waals surface area contributed by atoms with Crippen molar-refractivity contribution in [3.05, 3.63) is 28.8 Å². The first-order valence-electron chi connectivity index (χ1n) is 6.67. The molecular formula is C13H16ClF3N2O2S. The largest absolute Gasteiger partial charge is 0.416 e. The van der Waals surface area contributed by atoms with Crippen molar-refractivity contribution >= 4 is 21.6 Å². The summed E-state index contributed by atoms with van der Waals surface area (Å²) in [5.41, 5.74) is 4.81. The Kier molecular flexibility index (Phi) is 4.77. The van der Waals surface area contributed by atoms with Crippen LogP contribution < -0.4 is 5.73 Å². The first-order valence-corrected chi connectivity index (χ1v) is 8.49. The van der Waals surface area contributed by atoms with Gasteiger partial charge in [-0.3, -0.25) is 0 Å². The van der Waals surface area contributed by atoms with Gasteiger partial charge in [0.05, 0.1) is 10.6 Å². The van der Waals surface area contributed by atoms with Crippen LogP contribution in [-0.2, 0) is 16.2 Å². The van der Waals surface area contributed by atoms with E-state index in [1.54, 1.807) is 6.92 Å². The highest BCUT2D eigenvalue weighted by atomic mass is 35.5. The summed E-state index contributed by atoms with van der Waals surface area (Å²) in [6.45, 7) is 1.94. The predicted octanol–water partition coefficient (Wildman–Crippen LogP) is 2.86. The van der Waals surface area contributed by atoms with Gasteiger partial charge in [0.1, 0.15) is 4.90 Å². The van der Waals surface area contributed by atoms with Crippen molar-refractivity contribution in [1.82, 2.24) is 4.31 Å². The van der Waals surface area contributed by atoms with Gasteiger partial charge < -0.3 is 5.73 Å². The molecule has 2 rings (SSSR count). The van der Waals surface area contributed by atoms with Gasteiger partial charge in [-0.2, -0.15) is 17.5 Å². The molecule has 4 nitrogen and oxygen atoms in total. The molecule has 1 aromatic carbocycles. The smallest absolute Gasteiger partial charge is 0.328 e. The zero-order chi connectivity index (χ0) is 16.7. The molecule has 2 N–H and O–H groups in total. The van der Waals surface area contributed by atoms with Crippen LogP contribution in [0.3, 0.4) is 0 Å². The van der Waals surface area contributed by atoms with Crippen LogP contribution in [0.15, 0.2) is 23.1 Å². The monoisotopic (exact) mass is 356 g/mol. The van der Waals surface area contributed by atoms with E-state index in [2.05, 4.69) is 0 Å². The summed E-state index contributed by atoms with van der Waals surface area (Å²) in [4.78, 5) is -0.315. The first-order chi connectivity index (χ1) is 10.0. The van der Waals surface area contributed by atoms with E-state index in [0.29, 0.717) is 18.9 Å². The van der Waals surface area contributed by atoms with E-state index in [4.69, 9.17) is 17.3 Å². The summed E-state index contributed by atoms with van der Waals surface area (Å²) in [7, 11) is -3.95. The molecule has 0 bridgehead atoms. The van der Waals surface area contributed by atoms with E-state index in [9.17, 15) is 21.6 Å². The molecular weight excluding hydrogens is 341 g/mol. The molecule has 0 amide bonds. The molecule has 2 atom stereocenters. The standard InChI is InChI=1S/C13H16ClF3N2O2S/c1-8-6-10(18)4-5-19(8)22(20,21)12-3-2-9(7-11(12)14)13(15,16)17/h2-3,7-8,10H,4-6,18H2,1H3/t8-,10-/m1/s1. The lowest BCUT2D eigenvalue weighted by Crippen LogP contribution is -2.48. The highest BCUT2D eigenvalue weighted by Crippen LogP contribution is 2.35. The van der Waals surface area contributed by atoms with Crippen molar-refractivity contribution < 1.29 is 21.6 Å². The molecule has 1 fully saturated rings. The minimum absolute atomic E-state index is 0.0791. The van der Waals surface area contributed by atoms with Crippen molar-refractivity contribution in [3.63, 3.8) is 0 Å². The van der Waals surface area contributed by atoms with Crippen molar-refractivity contribution in [2.75, 3.05) is 6.54 Å². The second-order valence-corrected chi connectivity index (χ2v) is 7.66. The molecule has 0 radical (unpaired) electrons. The number of hydrogen-bond donors (Lipinski definition) is 1. The maximum Gasteiger partial charge on any atom is 0.416 e. The molecule has 22 heavy (non-hydrogen) atoms. The van der Waals surface area contributed by atoms with E-state index in [1.165, 1.54) is 4.31 Å². The van der Waals surface area contributed by atoms with Crippen LogP contribution in [0.25, 0.3) is 0 Å². The zero-order valence-electron chi connectivity index (χ0n) is 11.8. The van der Waals surface area contributed by atoms with Gasteiger partial charge in [-0.1, -0.05) is 11.6 Å². The zero-order valence-corrected chi connectivity index (χ0v) is 13.3. The summed E-state index contributed by atoms with van der Waals surface area (Å²) in [5, 5.41) is -0.433. The lowest BCUT2D eigenvalue weighted by atomic mass is 10.0. The fraction of sp³-hybridized carbons (Fsp3) is 0.538. The molecule has 0 unspecified atom stereocenters. The molecule has 1 aliphatic rings. The number of halogens is 4. The van der Waals surface area contributed by atoms with Gasteiger partial charge in [0.25, 0.3) is 0 Å². The number of benzene rings is 1. The Hall–Kier alpha value is -0.830. The van der Waals surface area contributed by atoms with E-state index < -0.39 is 26.8 Å². The number of alkyl halides is 3. The maximum atomic E-state index is 12.6. The van der Waals surface area contributed by atoms with Gasteiger partial charge in [-0.05, 0) is 38.0 Å². The van der Waals surface area contributed by atoms with Gasteiger partial charge in [-0.25, -0.2) is 8.42 Å². The van der Waals surface area contributed by atoms with Crippen LogP contribution in [0.2, 0.25) is 5.02 Å². The van der Waals surface area contributed by atoms with Crippen LogP contribution in [-0.4, -0.2) is 31.4 Å². The first kappa shape index (κ1) is 17.5. The van der Waals surface area contributed by atoms with E-state index in [1.807, 2.05) is 0 Å². The average Bonchev–Trinajstić information content (AvgIpc) is 2.36. The molecule has 0 aliphatic carbocycles. The van der Waals surface area contributed by atoms with Crippen LogP contribution in [0.4, 0.5) is 13.2 Å². The predicted molar refractivity (Wildman–Crippen MR) is 77.0 cm³/mol. The van der Waals surface area contributed by atoms with Crippen molar-refractivity contribution in [2.45, 2.75) is 42.9 Å². The molecule has 1 heterocycles. The maximum absolute atomic E-state index is 12.6. The third kappa shape index (κ3) is 3.40. The number of nitrogens with zero attached hydrogens (tertiary/aromatic N) is 1. The highest BCUT2D eigenvalue weighted by molar-refractivity contribution is 7.89. The normalized spacial score (nSPS) is 24.5. The van der Waals surface area contributed by atoms with Crippen LogP contribution in [0.1, 0.15) is 25.3 Å². The number of hydrogen-bond acceptors (Lipinski definition) is 3. The Morgan fingerprint density at radius 3 is 2.50 bits per heavy atom. The number of sulfonamides is 1. The van der Waals surface area contributed by atoms with E-state index in [-0.39, 0.29) is 23.5 Å². The molecule has 1 saturated heterocycles. The summed E-state index contributed by atoms with van der Waals surface area (Å²) in [6, 6.07) is 1.85. The Morgan fingerprint density at radius 1 is 1.36 bits per heavy atom. The second kappa shape index (κ2) is 5.99. The quantitative estimate of drug-likeness (QED) is 0.886. The summed E-state index contributed by atoms with van der Waals surface area (Å²) < 4.78 is 64.3. The van der Waals surface area contributed by atoms with Crippen molar-refractivity contribution in [2.24, 2.45) is 5.73 Å². The lowest BCUT2D eigenvalue weighted by molar-refractivity contribution is -0.137. The Morgan fingerprint density at radius 2 is 2.00 bits per heavy atom. The molecule has 1 aliphatic heterocycles. The van der Waals surface area contributed by atoms with E-state index in [0.717, 1.165) is 12.1 Å². The summed E-state index contributed by atoms with van der Waals surface area (Å²) in [6.07, 6.45) is -3.57. The summed E-state index contributed by atoms with van der Waals surface area (Å²) in [5.74, 6) is 0. The van der Waals surface area contributed by atoms with E-state index >= 15 is 0 Å². The Balaban J connectivity index is 2.38. The average molecular weight is 357 g/mol. The Labute approximate surface area is 132 Å². The van der Waals surface area contributed by atoms with Gasteiger partial charge in [0.2, 0.25) is 10.0 Å². The van der Waals surface area contributed by atoms with Gasteiger partial charge in [0.15, 0.2) is 0 Å². The van der Waals surface area contributed by atoms with Gasteiger partial charge in [-0.15, -0.1) is 0 Å². The minimum Gasteiger partial charge on any atom is -0.328 e. The molecule has 1 aromatic rings. The van der Waals surface area contributed by atoms with Gasteiger partial charge >= 0.3 is 6.18 Å². The fourth-order valence-electron chi connectivity index (χ4n) is 2.56. The fourth-order valence-corrected chi connectivity index (χ4v) is 4.73. The molecule has 0 spiro atoms. The highest BCUT2D eigenvalue weighted by Gasteiger charge is 2.36. The molecule has 124 valence electrons. The second-order valence-electron chi connectivity index (χ2n) is 5.39. The topological polar surface area (TPSA) is 63.4 Å². The minimum atomic E-state index is -4.57. The summed E-state index contributed by atoms with van der Waals surface area (Å²) >= 11 is 5.79. The lowest BCUT2D eigenvalue weighted by Gasteiger charge is -2.35. The molecule has 9 heteroatoms. The van der Waals surface area contributed by atoms with Crippen molar-refractivity contribution in [3.8, 4) is 0 Å². The van der Waals surface area contributed by atoms with Crippen molar-refractivity contribution in [1.29, 1.82) is 0 Å². The number of rotatable bonds is 2. The number of piperidine rings is 1. The van der Waals surface area contributed by atoms with Crippen LogP contribution in [0.5, 0.6) is 0 Å².